The fourth-order valence-electron chi connectivity index (χ4n) is 2.42. The zero-order chi connectivity index (χ0) is 18.1. The Hall–Kier alpha value is -1.54. The first-order chi connectivity index (χ1) is 12.1. The van der Waals surface area contributed by atoms with Crippen LogP contribution in [0.15, 0.2) is 47.6 Å². The molecule has 1 unspecified atom stereocenters. The van der Waals surface area contributed by atoms with E-state index in [1.54, 1.807) is 26.4 Å². The minimum absolute atomic E-state index is 0. The van der Waals surface area contributed by atoms with Gasteiger partial charge in [-0.25, -0.2) is 4.98 Å². The van der Waals surface area contributed by atoms with Crippen molar-refractivity contribution in [2.45, 2.75) is 25.8 Å². The molecule has 7 heteroatoms. The average Bonchev–Trinajstić information content (AvgIpc) is 2.65. The molecule has 0 aliphatic rings. The third-order valence-electron chi connectivity index (χ3n) is 4.03. The average molecular weight is 489 g/mol. The molecule has 1 heterocycles. The first kappa shape index (κ1) is 22.5. The Bertz CT molecular complexity index is 677. The molecular weight excluding hydrogens is 463 g/mol. The summed E-state index contributed by atoms with van der Waals surface area (Å²) in [5, 5.41) is 7.11. The molecule has 5 nitrogen and oxygen atoms in total. The molecule has 2 rings (SSSR count). The van der Waals surface area contributed by atoms with E-state index in [1.807, 2.05) is 18.2 Å². The molecule has 0 saturated carbocycles. The van der Waals surface area contributed by atoms with Crippen molar-refractivity contribution in [3.63, 3.8) is 0 Å². The van der Waals surface area contributed by atoms with Crippen LogP contribution in [0.3, 0.4) is 0 Å². The number of ether oxygens (including phenoxy) is 1. The number of methoxy groups -OCH3 is 1. The van der Waals surface area contributed by atoms with Gasteiger partial charge in [0.1, 0.15) is 10.9 Å². The van der Waals surface area contributed by atoms with Crippen LogP contribution in [0.4, 0.5) is 0 Å². The number of pyridine rings is 1. The molecule has 142 valence electrons. The van der Waals surface area contributed by atoms with Crippen molar-refractivity contribution in [3.05, 3.63) is 58.9 Å². The number of aliphatic imine (C=N–C) groups is 1. The Labute approximate surface area is 177 Å². The number of hydrogen-bond acceptors (Lipinski definition) is 3. The zero-order valence-corrected chi connectivity index (χ0v) is 18.4. The van der Waals surface area contributed by atoms with Gasteiger partial charge in [-0.15, -0.1) is 24.0 Å². The van der Waals surface area contributed by atoms with Gasteiger partial charge in [0.2, 0.25) is 0 Å². The monoisotopic (exact) mass is 488 g/mol. The van der Waals surface area contributed by atoms with Crippen LogP contribution in [-0.4, -0.2) is 31.6 Å². The lowest BCUT2D eigenvalue weighted by molar-refractivity contribution is 0.414. The molecule has 2 aromatic rings. The van der Waals surface area contributed by atoms with E-state index in [2.05, 4.69) is 39.7 Å². The molecule has 0 radical (unpaired) electrons. The molecule has 0 fully saturated rings. The predicted molar refractivity (Wildman–Crippen MR) is 119 cm³/mol. The van der Waals surface area contributed by atoms with E-state index >= 15 is 0 Å². The number of nitrogens with one attached hydrogen (secondary N) is 2. The van der Waals surface area contributed by atoms with Crippen LogP contribution in [0.5, 0.6) is 5.75 Å². The number of benzene rings is 1. The van der Waals surface area contributed by atoms with Gasteiger partial charge >= 0.3 is 0 Å². The van der Waals surface area contributed by atoms with Gasteiger partial charge in [-0.2, -0.15) is 0 Å². The number of rotatable bonds is 7. The van der Waals surface area contributed by atoms with Crippen molar-refractivity contribution in [1.29, 1.82) is 0 Å². The number of aromatic nitrogens is 1. The van der Waals surface area contributed by atoms with Gasteiger partial charge in [-0.3, -0.25) is 4.99 Å². The highest BCUT2D eigenvalue weighted by Gasteiger charge is 2.06. The molecule has 0 aliphatic carbocycles. The summed E-state index contributed by atoms with van der Waals surface area (Å²) in [5.41, 5.74) is 2.36. The standard InChI is InChI=1S/C19H25ClN4O.HI/c1-14(16-5-7-17(25-3)8-6-16)10-11-22-19(21-2)24-13-15-4-9-18(20)23-12-15;/h4-9,12,14H,10-11,13H2,1-3H3,(H2,21,22,24);1H. The van der Waals surface area contributed by atoms with Gasteiger partial charge in [-0.05, 0) is 41.7 Å². The van der Waals surface area contributed by atoms with Gasteiger partial charge in [0.15, 0.2) is 5.96 Å². The summed E-state index contributed by atoms with van der Waals surface area (Å²) < 4.78 is 5.20. The Balaban J connectivity index is 0.00000338. The molecule has 26 heavy (non-hydrogen) atoms. The second-order valence-corrected chi connectivity index (χ2v) is 6.19. The van der Waals surface area contributed by atoms with Crippen molar-refractivity contribution in [2.75, 3.05) is 20.7 Å². The van der Waals surface area contributed by atoms with E-state index < -0.39 is 0 Å². The van der Waals surface area contributed by atoms with Crippen LogP contribution in [0.1, 0.15) is 30.4 Å². The first-order valence-corrected chi connectivity index (χ1v) is 8.69. The second kappa shape index (κ2) is 12.0. The highest BCUT2D eigenvalue weighted by molar-refractivity contribution is 14.0. The van der Waals surface area contributed by atoms with Crippen molar-refractivity contribution in [3.8, 4) is 5.75 Å². The third kappa shape index (κ3) is 7.37. The molecule has 2 N–H and O–H groups in total. The maximum Gasteiger partial charge on any atom is 0.191 e. The van der Waals surface area contributed by atoms with Gasteiger partial charge in [0.05, 0.1) is 7.11 Å². The largest absolute Gasteiger partial charge is 0.497 e. The van der Waals surface area contributed by atoms with Crippen LogP contribution in [0.25, 0.3) is 0 Å². The molecule has 1 aromatic carbocycles. The van der Waals surface area contributed by atoms with Crippen LogP contribution in [-0.2, 0) is 6.54 Å². The van der Waals surface area contributed by atoms with Crippen LogP contribution in [0, 0.1) is 0 Å². The number of nitrogens with zero attached hydrogens (tertiary/aromatic N) is 2. The van der Waals surface area contributed by atoms with E-state index in [0.29, 0.717) is 17.6 Å². The lowest BCUT2D eigenvalue weighted by Crippen LogP contribution is -2.37. The quantitative estimate of drug-likeness (QED) is 0.265. The SMILES string of the molecule is CN=C(NCCC(C)c1ccc(OC)cc1)NCc1ccc(Cl)nc1.I. The maximum atomic E-state index is 5.79. The lowest BCUT2D eigenvalue weighted by atomic mass is 9.98. The van der Waals surface area contributed by atoms with E-state index in [1.165, 1.54) is 5.56 Å². The van der Waals surface area contributed by atoms with E-state index in [0.717, 1.165) is 30.2 Å². The van der Waals surface area contributed by atoms with Crippen LogP contribution >= 0.6 is 35.6 Å². The molecule has 1 aromatic heterocycles. The zero-order valence-electron chi connectivity index (χ0n) is 15.3. The normalized spacial score (nSPS) is 12.1. The summed E-state index contributed by atoms with van der Waals surface area (Å²) in [6.45, 7) is 3.71. The minimum Gasteiger partial charge on any atom is -0.497 e. The summed E-state index contributed by atoms with van der Waals surface area (Å²) in [6, 6.07) is 12.0. The number of halogens is 2. The Morgan fingerprint density at radius 3 is 2.50 bits per heavy atom. The summed E-state index contributed by atoms with van der Waals surface area (Å²) in [4.78, 5) is 8.31. The molecule has 0 aliphatic heterocycles. The summed E-state index contributed by atoms with van der Waals surface area (Å²) in [5.74, 6) is 2.12. The number of hydrogen-bond donors (Lipinski definition) is 2. The third-order valence-corrected chi connectivity index (χ3v) is 4.25. The molecule has 0 bridgehead atoms. The van der Waals surface area contributed by atoms with Gasteiger partial charge < -0.3 is 15.4 Å². The second-order valence-electron chi connectivity index (χ2n) is 5.80. The summed E-state index contributed by atoms with van der Waals surface area (Å²) in [6.07, 6.45) is 2.77. The van der Waals surface area contributed by atoms with E-state index in [4.69, 9.17) is 16.3 Å². The summed E-state index contributed by atoms with van der Waals surface area (Å²) >= 11 is 5.79. The first-order valence-electron chi connectivity index (χ1n) is 8.31. The van der Waals surface area contributed by atoms with Gasteiger partial charge in [0.25, 0.3) is 0 Å². The maximum absolute atomic E-state index is 5.79. The minimum atomic E-state index is 0. The highest BCUT2D eigenvalue weighted by Crippen LogP contribution is 2.21. The predicted octanol–water partition coefficient (Wildman–Crippen LogP) is 4.22. The molecule has 1 atom stereocenters. The Morgan fingerprint density at radius 2 is 1.92 bits per heavy atom. The van der Waals surface area contributed by atoms with Gasteiger partial charge in [0, 0.05) is 26.3 Å². The fourth-order valence-corrected chi connectivity index (χ4v) is 2.54. The van der Waals surface area contributed by atoms with E-state index in [9.17, 15) is 0 Å². The molecular formula is C19H26ClIN4O. The lowest BCUT2D eigenvalue weighted by Gasteiger charge is -2.15. The molecule has 0 spiro atoms. The topological polar surface area (TPSA) is 58.5 Å². The number of guanidine groups is 1. The summed E-state index contributed by atoms with van der Waals surface area (Å²) in [7, 11) is 3.45. The Kier molecular flexibility index (Phi) is 10.3. The van der Waals surface area contributed by atoms with Crippen molar-refractivity contribution < 1.29 is 4.74 Å². The molecule has 0 saturated heterocycles. The fraction of sp³-hybridized carbons (Fsp3) is 0.368. The smallest absolute Gasteiger partial charge is 0.191 e. The van der Waals surface area contributed by atoms with Crippen molar-refractivity contribution in [2.24, 2.45) is 4.99 Å². The highest BCUT2D eigenvalue weighted by atomic mass is 127. The molecule has 0 amide bonds. The van der Waals surface area contributed by atoms with E-state index in [-0.39, 0.29) is 24.0 Å². The Morgan fingerprint density at radius 1 is 1.19 bits per heavy atom. The van der Waals surface area contributed by atoms with Crippen LogP contribution in [0.2, 0.25) is 5.15 Å². The van der Waals surface area contributed by atoms with Gasteiger partial charge in [-0.1, -0.05) is 36.7 Å². The van der Waals surface area contributed by atoms with Crippen molar-refractivity contribution >= 4 is 41.5 Å². The van der Waals surface area contributed by atoms with Crippen LogP contribution < -0.4 is 15.4 Å². The van der Waals surface area contributed by atoms with Crippen molar-refractivity contribution in [1.82, 2.24) is 15.6 Å².